The summed E-state index contributed by atoms with van der Waals surface area (Å²) in [6.45, 7) is 4.84. The van der Waals surface area contributed by atoms with Gasteiger partial charge in [-0.2, -0.15) is 0 Å². The molecule has 1 fully saturated rings. The van der Waals surface area contributed by atoms with Gasteiger partial charge >= 0.3 is 0 Å². The summed E-state index contributed by atoms with van der Waals surface area (Å²) >= 11 is 6.02. The van der Waals surface area contributed by atoms with Gasteiger partial charge in [-0.1, -0.05) is 17.7 Å². The third-order valence-corrected chi connectivity index (χ3v) is 4.20. The van der Waals surface area contributed by atoms with Crippen molar-refractivity contribution in [3.05, 3.63) is 40.7 Å². The zero-order chi connectivity index (χ0) is 14.8. The minimum absolute atomic E-state index is 0.349. The van der Waals surface area contributed by atoms with Crippen LogP contribution in [0.3, 0.4) is 0 Å². The minimum Gasteiger partial charge on any atom is -0.441 e. The molecule has 0 bridgehead atoms. The molecule has 1 aromatic carbocycles. The van der Waals surface area contributed by atoms with Gasteiger partial charge < -0.3 is 10.2 Å². The minimum atomic E-state index is 0.349. The lowest BCUT2D eigenvalue weighted by molar-refractivity contribution is 0.203. The van der Waals surface area contributed by atoms with Crippen molar-refractivity contribution in [1.82, 2.24) is 9.88 Å². The standard InChI is InChI=1S/C16H20ClN3O/c1-11-15(10-20-7-5-14(18)6-8-20)19-16(21-11)12-3-2-4-13(17)9-12/h2-4,9,14H,5-8,10,18H2,1H3. The van der Waals surface area contributed by atoms with E-state index in [1.165, 1.54) is 0 Å². The van der Waals surface area contributed by atoms with Crippen LogP contribution in [-0.2, 0) is 6.54 Å². The molecule has 112 valence electrons. The van der Waals surface area contributed by atoms with Crippen LogP contribution < -0.4 is 5.73 Å². The molecule has 2 heterocycles. The predicted molar refractivity (Wildman–Crippen MR) is 84.2 cm³/mol. The molecule has 1 aliphatic heterocycles. The fourth-order valence-electron chi connectivity index (χ4n) is 2.64. The Labute approximate surface area is 129 Å². The molecule has 3 rings (SSSR count). The van der Waals surface area contributed by atoms with Crippen LogP contribution in [0, 0.1) is 6.92 Å². The molecule has 0 unspecified atom stereocenters. The van der Waals surface area contributed by atoms with Crippen molar-refractivity contribution in [3.63, 3.8) is 0 Å². The van der Waals surface area contributed by atoms with Crippen LogP contribution >= 0.6 is 11.6 Å². The molecule has 1 aromatic heterocycles. The first-order valence-corrected chi connectivity index (χ1v) is 7.70. The molecular formula is C16H20ClN3O. The molecule has 2 aromatic rings. The monoisotopic (exact) mass is 305 g/mol. The summed E-state index contributed by atoms with van der Waals surface area (Å²) in [5.74, 6) is 1.51. The van der Waals surface area contributed by atoms with Gasteiger partial charge in [-0.15, -0.1) is 0 Å². The van der Waals surface area contributed by atoms with E-state index in [-0.39, 0.29) is 0 Å². The maximum atomic E-state index is 6.02. The number of likely N-dealkylation sites (tertiary alicyclic amines) is 1. The van der Waals surface area contributed by atoms with Gasteiger partial charge in [0.25, 0.3) is 0 Å². The molecule has 0 radical (unpaired) electrons. The molecule has 4 nitrogen and oxygen atoms in total. The lowest BCUT2D eigenvalue weighted by atomic mass is 10.1. The Morgan fingerprint density at radius 2 is 2.14 bits per heavy atom. The summed E-state index contributed by atoms with van der Waals surface area (Å²) in [6.07, 6.45) is 2.11. The van der Waals surface area contributed by atoms with Crippen molar-refractivity contribution in [2.75, 3.05) is 13.1 Å². The maximum absolute atomic E-state index is 6.02. The summed E-state index contributed by atoms with van der Waals surface area (Å²) in [7, 11) is 0. The Morgan fingerprint density at radius 3 is 2.86 bits per heavy atom. The normalized spacial score (nSPS) is 17.3. The molecule has 5 heteroatoms. The molecule has 0 atom stereocenters. The smallest absolute Gasteiger partial charge is 0.226 e. The van der Waals surface area contributed by atoms with Gasteiger partial charge in [-0.05, 0) is 38.0 Å². The van der Waals surface area contributed by atoms with E-state index in [0.717, 1.165) is 49.5 Å². The Kier molecular flexibility index (Phi) is 4.29. The molecule has 0 saturated carbocycles. The Morgan fingerprint density at radius 1 is 1.38 bits per heavy atom. The first-order valence-electron chi connectivity index (χ1n) is 7.32. The van der Waals surface area contributed by atoms with E-state index in [0.29, 0.717) is 17.0 Å². The lowest BCUT2D eigenvalue weighted by Crippen LogP contribution is -2.39. The molecule has 0 spiro atoms. The number of rotatable bonds is 3. The van der Waals surface area contributed by atoms with E-state index in [4.69, 9.17) is 21.8 Å². The van der Waals surface area contributed by atoms with Crippen molar-refractivity contribution in [2.45, 2.75) is 32.4 Å². The molecule has 1 saturated heterocycles. The Bertz CT molecular complexity index is 618. The van der Waals surface area contributed by atoms with Crippen LogP contribution in [0.4, 0.5) is 0 Å². The number of nitrogens with two attached hydrogens (primary N) is 1. The molecule has 0 aliphatic carbocycles. The van der Waals surface area contributed by atoms with Crippen molar-refractivity contribution in [3.8, 4) is 11.5 Å². The second kappa shape index (κ2) is 6.18. The Balaban J connectivity index is 1.75. The number of benzene rings is 1. The highest BCUT2D eigenvalue weighted by Crippen LogP contribution is 2.25. The van der Waals surface area contributed by atoms with Gasteiger partial charge in [-0.3, -0.25) is 4.90 Å². The molecular weight excluding hydrogens is 286 g/mol. The zero-order valence-electron chi connectivity index (χ0n) is 12.2. The number of aromatic nitrogens is 1. The van der Waals surface area contributed by atoms with E-state index in [2.05, 4.69) is 9.88 Å². The third kappa shape index (κ3) is 3.46. The largest absolute Gasteiger partial charge is 0.441 e. The van der Waals surface area contributed by atoms with Gasteiger partial charge in [0, 0.05) is 36.3 Å². The fraction of sp³-hybridized carbons (Fsp3) is 0.438. The first kappa shape index (κ1) is 14.6. The first-order chi connectivity index (χ1) is 10.1. The topological polar surface area (TPSA) is 55.3 Å². The van der Waals surface area contributed by atoms with Crippen LogP contribution in [0.15, 0.2) is 28.7 Å². The van der Waals surface area contributed by atoms with Crippen molar-refractivity contribution in [2.24, 2.45) is 5.73 Å². The average molecular weight is 306 g/mol. The second-order valence-electron chi connectivity index (χ2n) is 5.65. The third-order valence-electron chi connectivity index (χ3n) is 3.97. The van der Waals surface area contributed by atoms with Crippen molar-refractivity contribution < 1.29 is 4.42 Å². The number of aryl methyl sites for hydroxylation is 1. The van der Waals surface area contributed by atoms with Gasteiger partial charge in [0.05, 0.1) is 5.69 Å². The highest BCUT2D eigenvalue weighted by atomic mass is 35.5. The molecule has 0 amide bonds. The number of hydrogen-bond donors (Lipinski definition) is 1. The van der Waals surface area contributed by atoms with Crippen LogP contribution in [-0.4, -0.2) is 29.0 Å². The number of hydrogen-bond acceptors (Lipinski definition) is 4. The summed E-state index contributed by atoms with van der Waals surface area (Å²) in [5, 5.41) is 0.690. The SMILES string of the molecule is Cc1oc(-c2cccc(Cl)c2)nc1CN1CCC(N)CC1. The van der Waals surface area contributed by atoms with E-state index in [1.54, 1.807) is 0 Å². The second-order valence-corrected chi connectivity index (χ2v) is 6.08. The van der Waals surface area contributed by atoms with Crippen LogP contribution in [0.25, 0.3) is 11.5 Å². The average Bonchev–Trinajstić information content (AvgIpc) is 2.83. The highest BCUT2D eigenvalue weighted by molar-refractivity contribution is 6.30. The fourth-order valence-corrected chi connectivity index (χ4v) is 2.83. The maximum Gasteiger partial charge on any atom is 0.226 e. The van der Waals surface area contributed by atoms with Crippen LogP contribution in [0.1, 0.15) is 24.3 Å². The summed E-state index contributed by atoms with van der Waals surface area (Å²) in [5.41, 5.74) is 7.86. The van der Waals surface area contributed by atoms with Gasteiger partial charge in [-0.25, -0.2) is 4.98 Å². The van der Waals surface area contributed by atoms with Crippen molar-refractivity contribution in [1.29, 1.82) is 0 Å². The van der Waals surface area contributed by atoms with Gasteiger partial charge in [0.15, 0.2) is 0 Å². The van der Waals surface area contributed by atoms with E-state index in [1.807, 2.05) is 31.2 Å². The lowest BCUT2D eigenvalue weighted by Gasteiger charge is -2.29. The summed E-state index contributed by atoms with van der Waals surface area (Å²) in [6, 6.07) is 7.93. The molecule has 2 N–H and O–H groups in total. The molecule has 21 heavy (non-hydrogen) atoms. The highest BCUT2D eigenvalue weighted by Gasteiger charge is 2.19. The van der Waals surface area contributed by atoms with Crippen LogP contribution in [0.5, 0.6) is 0 Å². The van der Waals surface area contributed by atoms with E-state index < -0.39 is 0 Å². The van der Waals surface area contributed by atoms with E-state index in [9.17, 15) is 0 Å². The van der Waals surface area contributed by atoms with Gasteiger partial charge in [0.2, 0.25) is 5.89 Å². The zero-order valence-corrected chi connectivity index (χ0v) is 12.9. The number of nitrogens with zero attached hydrogens (tertiary/aromatic N) is 2. The van der Waals surface area contributed by atoms with Gasteiger partial charge in [0.1, 0.15) is 5.76 Å². The van der Waals surface area contributed by atoms with Crippen molar-refractivity contribution >= 4 is 11.6 Å². The summed E-state index contributed by atoms with van der Waals surface area (Å²) in [4.78, 5) is 7.02. The number of halogens is 1. The van der Waals surface area contributed by atoms with Crippen LogP contribution in [0.2, 0.25) is 5.02 Å². The number of piperidine rings is 1. The summed E-state index contributed by atoms with van der Waals surface area (Å²) < 4.78 is 5.80. The Hall–Kier alpha value is -1.36. The predicted octanol–water partition coefficient (Wildman–Crippen LogP) is 3.23. The quantitative estimate of drug-likeness (QED) is 0.946. The number of oxazole rings is 1. The van der Waals surface area contributed by atoms with E-state index >= 15 is 0 Å². The molecule has 1 aliphatic rings.